The van der Waals surface area contributed by atoms with Crippen molar-refractivity contribution in [1.29, 1.82) is 0 Å². The van der Waals surface area contributed by atoms with E-state index >= 15 is 0 Å². The average molecular weight is 614 g/mol. The normalized spacial score (nSPS) is 11.5. The minimum absolute atomic E-state index is 0.0822. The first-order valence-electron chi connectivity index (χ1n) is 13.7. The summed E-state index contributed by atoms with van der Waals surface area (Å²) >= 11 is 1.25. The maximum Gasteiger partial charge on any atom is 0.416 e. The van der Waals surface area contributed by atoms with Crippen LogP contribution in [-0.4, -0.2) is 38.6 Å². The molecule has 1 heterocycles. The van der Waals surface area contributed by atoms with E-state index in [0.29, 0.717) is 41.5 Å². The zero-order chi connectivity index (χ0) is 31.0. The minimum atomic E-state index is -4.40. The molecule has 1 aromatic heterocycles. The lowest BCUT2D eigenvalue weighted by Crippen LogP contribution is -2.35. The van der Waals surface area contributed by atoms with Gasteiger partial charge in [0.05, 0.1) is 5.56 Å². The molecule has 0 atom stereocenters. The standard InChI is InChI=1S/C32H31F4N3O3S/c1-2-16-38(18-22-3-7-24(8-4-22)25-9-11-27(12-10-25)32(34,35)36)29(41)20-39-19-26(15-17-40)30(42)37-31(39)43-21-23-5-13-28(33)14-6-23/h3-14,19,40H,2,15-18,20-21H2,1H3. The average Bonchev–Trinajstić information content (AvgIpc) is 2.98. The number of carbonyl (C=O) groups excluding carboxylic acids is 1. The zero-order valence-corrected chi connectivity index (χ0v) is 24.3. The molecule has 0 bridgehead atoms. The number of nitrogens with zero attached hydrogens (tertiary/aromatic N) is 3. The molecule has 226 valence electrons. The van der Waals surface area contributed by atoms with Crippen LogP contribution in [0.5, 0.6) is 0 Å². The number of hydrogen-bond acceptors (Lipinski definition) is 5. The fourth-order valence-electron chi connectivity index (χ4n) is 4.45. The highest BCUT2D eigenvalue weighted by molar-refractivity contribution is 7.98. The number of amides is 1. The van der Waals surface area contributed by atoms with Crippen LogP contribution in [0.3, 0.4) is 0 Å². The van der Waals surface area contributed by atoms with Gasteiger partial charge in [0.2, 0.25) is 5.91 Å². The molecule has 4 rings (SSSR count). The molecule has 0 fully saturated rings. The summed E-state index contributed by atoms with van der Waals surface area (Å²) in [7, 11) is 0. The molecule has 0 radical (unpaired) electrons. The van der Waals surface area contributed by atoms with E-state index in [9.17, 15) is 32.3 Å². The topological polar surface area (TPSA) is 75.4 Å². The van der Waals surface area contributed by atoms with Crippen molar-refractivity contribution in [3.63, 3.8) is 0 Å². The second-order valence-electron chi connectivity index (χ2n) is 9.96. The van der Waals surface area contributed by atoms with Crippen molar-refractivity contribution in [3.8, 4) is 11.1 Å². The molecular formula is C32H31F4N3O3S. The van der Waals surface area contributed by atoms with E-state index in [-0.39, 0.29) is 31.3 Å². The van der Waals surface area contributed by atoms with Gasteiger partial charge in [0.25, 0.3) is 5.56 Å². The van der Waals surface area contributed by atoms with Crippen molar-refractivity contribution in [2.24, 2.45) is 0 Å². The number of halogens is 4. The van der Waals surface area contributed by atoms with Gasteiger partial charge in [0.1, 0.15) is 12.4 Å². The van der Waals surface area contributed by atoms with Crippen LogP contribution >= 0.6 is 11.8 Å². The van der Waals surface area contributed by atoms with E-state index in [2.05, 4.69) is 4.98 Å². The fourth-order valence-corrected chi connectivity index (χ4v) is 5.37. The van der Waals surface area contributed by atoms with Crippen molar-refractivity contribution >= 4 is 17.7 Å². The molecule has 0 spiro atoms. The van der Waals surface area contributed by atoms with Gasteiger partial charge in [-0.2, -0.15) is 18.2 Å². The number of benzene rings is 3. The first-order valence-corrected chi connectivity index (χ1v) is 14.7. The number of aromatic nitrogens is 2. The zero-order valence-electron chi connectivity index (χ0n) is 23.5. The first kappa shape index (κ1) is 32.0. The molecule has 0 aliphatic heterocycles. The van der Waals surface area contributed by atoms with Gasteiger partial charge < -0.3 is 14.6 Å². The Morgan fingerprint density at radius 2 is 1.56 bits per heavy atom. The Bertz CT molecular complexity index is 1570. The summed E-state index contributed by atoms with van der Waals surface area (Å²) in [6.45, 7) is 2.43. The van der Waals surface area contributed by atoms with Crippen LogP contribution in [0.15, 0.2) is 88.9 Å². The Kier molecular flexibility index (Phi) is 10.8. The monoisotopic (exact) mass is 613 g/mol. The summed E-state index contributed by atoms with van der Waals surface area (Å²) in [4.78, 5) is 32.0. The summed E-state index contributed by atoms with van der Waals surface area (Å²) in [6, 6.07) is 18.2. The number of aliphatic hydroxyl groups excluding tert-OH is 1. The Morgan fingerprint density at radius 3 is 2.14 bits per heavy atom. The second-order valence-corrected chi connectivity index (χ2v) is 10.9. The van der Waals surface area contributed by atoms with Crippen molar-refractivity contribution in [2.75, 3.05) is 13.2 Å². The molecule has 43 heavy (non-hydrogen) atoms. The first-order chi connectivity index (χ1) is 20.6. The number of hydrogen-bond donors (Lipinski definition) is 1. The smallest absolute Gasteiger partial charge is 0.396 e. The molecule has 0 aliphatic rings. The van der Waals surface area contributed by atoms with E-state index in [1.807, 2.05) is 31.2 Å². The van der Waals surface area contributed by atoms with Crippen LogP contribution in [-0.2, 0) is 36.2 Å². The molecule has 1 N–H and O–H groups in total. The molecule has 6 nitrogen and oxygen atoms in total. The lowest BCUT2D eigenvalue weighted by Gasteiger charge is -2.24. The molecule has 0 aliphatic carbocycles. The van der Waals surface area contributed by atoms with E-state index in [4.69, 9.17) is 0 Å². The summed E-state index contributed by atoms with van der Waals surface area (Å²) in [5.41, 5.74) is 2.19. The summed E-state index contributed by atoms with van der Waals surface area (Å²) < 4.78 is 53.6. The predicted octanol–water partition coefficient (Wildman–Crippen LogP) is 6.33. The lowest BCUT2D eigenvalue weighted by molar-refractivity contribution is -0.137. The molecule has 0 unspecified atom stereocenters. The number of thioether (sulfide) groups is 1. The Labute approximate surface area is 251 Å². The molecule has 4 aromatic rings. The van der Waals surface area contributed by atoms with E-state index in [1.165, 1.54) is 36.0 Å². The third kappa shape index (κ3) is 8.77. The summed E-state index contributed by atoms with van der Waals surface area (Å²) in [5, 5.41) is 9.72. The number of rotatable bonds is 12. The van der Waals surface area contributed by atoms with E-state index in [1.54, 1.807) is 27.8 Å². The Morgan fingerprint density at radius 1 is 0.953 bits per heavy atom. The largest absolute Gasteiger partial charge is 0.416 e. The van der Waals surface area contributed by atoms with Gasteiger partial charge in [0.15, 0.2) is 5.16 Å². The van der Waals surface area contributed by atoms with Crippen molar-refractivity contribution < 1.29 is 27.5 Å². The third-order valence-corrected chi connectivity index (χ3v) is 7.78. The van der Waals surface area contributed by atoms with Crippen LogP contribution in [0.2, 0.25) is 0 Å². The SMILES string of the molecule is CCCN(Cc1ccc(-c2ccc(C(F)(F)F)cc2)cc1)C(=O)Cn1cc(CCO)c(=O)nc1SCc1ccc(F)cc1. The Balaban J connectivity index is 1.50. The van der Waals surface area contributed by atoms with E-state index in [0.717, 1.165) is 28.8 Å². The van der Waals surface area contributed by atoms with E-state index < -0.39 is 17.3 Å². The van der Waals surface area contributed by atoms with Crippen LogP contribution in [0.25, 0.3) is 11.1 Å². The highest BCUT2D eigenvalue weighted by Gasteiger charge is 2.30. The molecule has 1 amide bonds. The van der Waals surface area contributed by atoms with Gasteiger partial charge in [-0.25, -0.2) is 4.39 Å². The summed E-state index contributed by atoms with van der Waals surface area (Å²) in [6.07, 6.45) is -2.03. The van der Waals surface area contributed by atoms with Gasteiger partial charge in [-0.15, -0.1) is 0 Å². The lowest BCUT2D eigenvalue weighted by atomic mass is 10.0. The third-order valence-electron chi connectivity index (χ3n) is 6.72. The maximum absolute atomic E-state index is 13.5. The highest BCUT2D eigenvalue weighted by atomic mass is 32.2. The predicted molar refractivity (Wildman–Crippen MR) is 158 cm³/mol. The number of aliphatic hydroxyl groups is 1. The van der Waals surface area contributed by atoms with Crippen molar-refractivity contribution in [3.05, 3.63) is 117 Å². The van der Waals surface area contributed by atoms with Crippen molar-refractivity contribution in [2.45, 2.75) is 49.9 Å². The highest BCUT2D eigenvalue weighted by Crippen LogP contribution is 2.31. The number of alkyl halides is 3. The second kappa shape index (κ2) is 14.5. The molecular weight excluding hydrogens is 582 g/mol. The van der Waals surface area contributed by atoms with Gasteiger partial charge in [-0.1, -0.05) is 67.2 Å². The quantitative estimate of drug-likeness (QED) is 0.115. The molecule has 0 saturated carbocycles. The van der Waals surface area contributed by atoms with Gasteiger partial charge in [-0.05, 0) is 52.9 Å². The molecule has 0 saturated heterocycles. The Hall–Kier alpha value is -3.96. The molecule has 11 heteroatoms. The van der Waals surface area contributed by atoms with Crippen LogP contribution < -0.4 is 5.56 Å². The van der Waals surface area contributed by atoms with Crippen molar-refractivity contribution in [1.82, 2.24) is 14.5 Å². The maximum atomic E-state index is 13.5. The molecule has 3 aromatic carbocycles. The van der Waals surface area contributed by atoms with Gasteiger partial charge in [-0.3, -0.25) is 9.59 Å². The van der Waals surface area contributed by atoms with Gasteiger partial charge in [0, 0.05) is 43.6 Å². The van der Waals surface area contributed by atoms with Gasteiger partial charge >= 0.3 is 6.18 Å². The summed E-state index contributed by atoms with van der Waals surface area (Å²) in [5.74, 6) is -0.143. The number of carbonyl (C=O) groups is 1. The van der Waals surface area contributed by atoms with Crippen LogP contribution in [0.1, 0.15) is 35.6 Å². The van der Waals surface area contributed by atoms with Crippen LogP contribution in [0, 0.1) is 5.82 Å². The minimum Gasteiger partial charge on any atom is -0.396 e. The fraction of sp³-hybridized carbons (Fsp3) is 0.281. The van der Waals surface area contributed by atoms with Crippen LogP contribution in [0.4, 0.5) is 17.6 Å².